The van der Waals surface area contributed by atoms with E-state index in [2.05, 4.69) is 31.2 Å². The second-order valence-electron chi connectivity index (χ2n) is 11.1. The van der Waals surface area contributed by atoms with Gasteiger partial charge in [0.15, 0.2) is 0 Å². The van der Waals surface area contributed by atoms with Crippen LogP contribution in [0.15, 0.2) is 66.7 Å². The van der Waals surface area contributed by atoms with E-state index in [1.165, 1.54) is 7.11 Å². The normalized spacial score (nSPS) is 14.0. The highest BCUT2D eigenvalue weighted by molar-refractivity contribution is 6.01. The largest absolute Gasteiger partial charge is 0.465 e. The standard InChI is InChI=1S/C35H42N6O6/c1-24-20-30(31(37-23-42)21-29(24)35(45)46-4)25(2)33(26-8-6-5-7-9-26)38-28-12-10-27(11-13-28)34(44)39-47-19-18-40-14-16-41(17-15-40)22-32(43)36-3/h5-13,20-21,23,38H,14-19,22H2,1-4H3,(H,36,43)(H,37,42)(H,39,44)/b33-25+. The fraction of sp³-hybridized carbons (Fsp3) is 0.314. The number of esters is 1. The van der Waals surface area contributed by atoms with Gasteiger partial charge in [0.25, 0.3) is 5.91 Å². The highest BCUT2D eigenvalue weighted by Crippen LogP contribution is 2.34. The Morgan fingerprint density at radius 2 is 1.57 bits per heavy atom. The summed E-state index contributed by atoms with van der Waals surface area (Å²) < 4.78 is 4.91. The van der Waals surface area contributed by atoms with Gasteiger partial charge in [0.2, 0.25) is 12.3 Å². The zero-order chi connectivity index (χ0) is 33.8. The molecule has 1 aliphatic rings. The SMILES string of the molecule is CNC(=O)CN1CCN(CCONC(=O)c2ccc(N/C(=C(\C)c3cc(C)c(C(=O)OC)cc3NC=O)c3ccccc3)cc2)CC1. The Bertz CT molecular complexity index is 1580. The summed E-state index contributed by atoms with van der Waals surface area (Å²) in [4.78, 5) is 58.0. The molecule has 4 N–H and O–H groups in total. The number of ether oxygens (including phenoxy) is 1. The van der Waals surface area contributed by atoms with Gasteiger partial charge in [-0.3, -0.25) is 29.0 Å². The van der Waals surface area contributed by atoms with Crippen molar-refractivity contribution in [3.63, 3.8) is 0 Å². The number of likely N-dealkylation sites (N-methyl/N-ethyl adjacent to an activating group) is 1. The van der Waals surface area contributed by atoms with Gasteiger partial charge in [-0.1, -0.05) is 30.3 Å². The third kappa shape index (κ3) is 9.49. The third-order valence-corrected chi connectivity index (χ3v) is 8.03. The van der Waals surface area contributed by atoms with E-state index in [0.717, 1.165) is 54.3 Å². The molecule has 3 aromatic rings. The predicted molar refractivity (Wildman–Crippen MR) is 182 cm³/mol. The first kappa shape index (κ1) is 34.8. The van der Waals surface area contributed by atoms with Crippen molar-refractivity contribution in [2.75, 3.05) is 70.7 Å². The summed E-state index contributed by atoms with van der Waals surface area (Å²) >= 11 is 0. The van der Waals surface area contributed by atoms with E-state index in [9.17, 15) is 19.2 Å². The number of carbonyl (C=O) groups is 4. The van der Waals surface area contributed by atoms with Gasteiger partial charge >= 0.3 is 5.97 Å². The van der Waals surface area contributed by atoms with Gasteiger partial charge in [-0.15, -0.1) is 0 Å². The van der Waals surface area contributed by atoms with Crippen LogP contribution in [-0.4, -0.2) is 94.0 Å². The lowest BCUT2D eigenvalue weighted by molar-refractivity contribution is -0.122. The molecule has 4 rings (SSSR count). The molecule has 1 heterocycles. The van der Waals surface area contributed by atoms with Crippen molar-refractivity contribution in [2.24, 2.45) is 0 Å². The molecule has 248 valence electrons. The van der Waals surface area contributed by atoms with Crippen molar-refractivity contribution in [1.82, 2.24) is 20.6 Å². The number of benzene rings is 3. The Morgan fingerprint density at radius 3 is 2.21 bits per heavy atom. The molecule has 1 saturated heterocycles. The number of hydroxylamine groups is 1. The van der Waals surface area contributed by atoms with Crippen LogP contribution in [-0.2, 0) is 19.2 Å². The number of rotatable bonds is 14. The van der Waals surface area contributed by atoms with Crippen molar-refractivity contribution in [1.29, 1.82) is 0 Å². The molecule has 0 unspecified atom stereocenters. The first-order chi connectivity index (χ1) is 22.7. The lowest BCUT2D eigenvalue weighted by Gasteiger charge is -2.33. The lowest BCUT2D eigenvalue weighted by Crippen LogP contribution is -2.50. The second-order valence-corrected chi connectivity index (χ2v) is 11.1. The van der Waals surface area contributed by atoms with E-state index < -0.39 is 5.97 Å². The minimum absolute atomic E-state index is 0.0118. The van der Waals surface area contributed by atoms with Crippen LogP contribution in [0.4, 0.5) is 11.4 Å². The Hall–Kier alpha value is -5.04. The number of piperazine rings is 1. The molecular formula is C35H42N6O6. The van der Waals surface area contributed by atoms with E-state index in [4.69, 9.17) is 9.57 Å². The fourth-order valence-corrected chi connectivity index (χ4v) is 5.31. The van der Waals surface area contributed by atoms with Crippen LogP contribution in [0.25, 0.3) is 11.3 Å². The van der Waals surface area contributed by atoms with Crippen LogP contribution in [0.5, 0.6) is 0 Å². The van der Waals surface area contributed by atoms with Crippen molar-refractivity contribution >= 4 is 46.8 Å². The topological polar surface area (TPSA) is 141 Å². The van der Waals surface area contributed by atoms with Gasteiger partial charge in [-0.25, -0.2) is 10.3 Å². The molecular weight excluding hydrogens is 600 g/mol. The van der Waals surface area contributed by atoms with Gasteiger partial charge in [0, 0.05) is 68.0 Å². The fourth-order valence-electron chi connectivity index (χ4n) is 5.31. The Labute approximate surface area is 275 Å². The van der Waals surface area contributed by atoms with Gasteiger partial charge < -0.3 is 20.7 Å². The molecule has 12 nitrogen and oxygen atoms in total. The lowest BCUT2D eigenvalue weighted by atomic mass is 9.95. The number of allylic oxidation sites excluding steroid dienone is 1. The van der Waals surface area contributed by atoms with Crippen molar-refractivity contribution < 1.29 is 28.8 Å². The summed E-state index contributed by atoms with van der Waals surface area (Å²) in [5.41, 5.74) is 8.46. The van der Waals surface area contributed by atoms with E-state index in [1.54, 1.807) is 37.4 Å². The Kier molecular flexibility index (Phi) is 12.6. The number of amides is 3. The van der Waals surface area contributed by atoms with Crippen LogP contribution in [0.3, 0.4) is 0 Å². The zero-order valence-corrected chi connectivity index (χ0v) is 27.2. The summed E-state index contributed by atoms with van der Waals surface area (Å²) in [6.45, 7) is 8.42. The van der Waals surface area contributed by atoms with E-state index in [0.29, 0.717) is 48.5 Å². The molecule has 0 spiro atoms. The van der Waals surface area contributed by atoms with Crippen LogP contribution in [0.2, 0.25) is 0 Å². The number of hydrogen-bond acceptors (Lipinski definition) is 9. The molecule has 0 bridgehead atoms. The molecule has 0 atom stereocenters. The van der Waals surface area contributed by atoms with Gasteiger partial charge in [-0.05, 0) is 66.9 Å². The minimum Gasteiger partial charge on any atom is -0.465 e. The maximum absolute atomic E-state index is 12.8. The number of carbonyl (C=O) groups excluding carboxylic acids is 4. The number of nitrogens with one attached hydrogen (secondary N) is 4. The molecule has 1 aliphatic heterocycles. The maximum Gasteiger partial charge on any atom is 0.338 e. The molecule has 1 fully saturated rings. The average Bonchev–Trinajstić information content (AvgIpc) is 3.10. The van der Waals surface area contributed by atoms with Crippen LogP contribution in [0, 0.1) is 6.92 Å². The van der Waals surface area contributed by atoms with Crippen molar-refractivity contribution in [2.45, 2.75) is 13.8 Å². The summed E-state index contributed by atoms with van der Waals surface area (Å²) in [5, 5.41) is 8.85. The monoisotopic (exact) mass is 642 g/mol. The van der Waals surface area contributed by atoms with E-state index in [1.807, 2.05) is 50.2 Å². The molecule has 0 aliphatic carbocycles. The van der Waals surface area contributed by atoms with Crippen LogP contribution < -0.4 is 21.4 Å². The van der Waals surface area contributed by atoms with E-state index >= 15 is 0 Å². The molecule has 12 heteroatoms. The molecule has 3 amide bonds. The molecule has 0 aromatic heterocycles. The van der Waals surface area contributed by atoms with Gasteiger partial charge in [0.1, 0.15) is 0 Å². The molecule has 3 aromatic carbocycles. The average molecular weight is 643 g/mol. The summed E-state index contributed by atoms with van der Waals surface area (Å²) in [5.74, 6) is -0.833. The van der Waals surface area contributed by atoms with Crippen LogP contribution in [0.1, 0.15) is 44.3 Å². The maximum atomic E-state index is 12.8. The Morgan fingerprint density at radius 1 is 0.894 bits per heavy atom. The zero-order valence-electron chi connectivity index (χ0n) is 27.2. The predicted octanol–water partition coefficient (Wildman–Crippen LogP) is 3.38. The molecule has 47 heavy (non-hydrogen) atoms. The first-order valence-electron chi connectivity index (χ1n) is 15.4. The highest BCUT2D eigenvalue weighted by atomic mass is 16.7. The summed E-state index contributed by atoms with van der Waals surface area (Å²) in [6.07, 6.45) is 0.573. The number of hydrogen-bond donors (Lipinski definition) is 4. The first-order valence-corrected chi connectivity index (χ1v) is 15.4. The summed E-state index contributed by atoms with van der Waals surface area (Å²) in [6, 6.07) is 20.2. The minimum atomic E-state index is -0.491. The number of anilines is 2. The second kappa shape index (κ2) is 17.0. The summed E-state index contributed by atoms with van der Waals surface area (Å²) in [7, 11) is 2.95. The number of methoxy groups -OCH3 is 1. The van der Waals surface area contributed by atoms with Gasteiger partial charge in [0.05, 0.1) is 25.8 Å². The van der Waals surface area contributed by atoms with Crippen molar-refractivity contribution in [3.8, 4) is 0 Å². The molecule has 0 radical (unpaired) electrons. The number of nitrogens with zero attached hydrogens (tertiary/aromatic N) is 2. The van der Waals surface area contributed by atoms with E-state index in [-0.39, 0.29) is 11.8 Å². The highest BCUT2D eigenvalue weighted by Gasteiger charge is 2.19. The van der Waals surface area contributed by atoms with Crippen molar-refractivity contribution in [3.05, 3.63) is 94.5 Å². The smallest absolute Gasteiger partial charge is 0.338 e. The van der Waals surface area contributed by atoms with Gasteiger partial charge in [-0.2, -0.15) is 0 Å². The third-order valence-electron chi connectivity index (χ3n) is 8.03. The quantitative estimate of drug-likeness (QED) is 0.0685. The molecule has 0 saturated carbocycles. The number of aryl methyl sites for hydroxylation is 1. The van der Waals surface area contributed by atoms with Crippen LogP contribution >= 0.6 is 0 Å². The Balaban J connectivity index is 1.42.